The van der Waals surface area contributed by atoms with E-state index >= 15 is 0 Å². The average molecular weight is 304 g/mol. The van der Waals surface area contributed by atoms with Crippen LogP contribution in [0.2, 0.25) is 0 Å². The lowest BCUT2D eigenvalue weighted by atomic mass is 10.1. The fourth-order valence-corrected chi connectivity index (χ4v) is 2.39. The summed E-state index contributed by atoms with van der Waals surface area (Å²) >= 11 is 3.62. The van der Waals surface area contributed by atoms with E-state index in [1.807, 2.05) is 24.3 Å². The van der Waals surface area contributed by atoms with E-state index in [9.17, 15) is 4.79 Å². The number of carbonyl (C=O) groups is 1. The molecule has 2 nitrogen and oxygen atoms in total. The Kier molecular flexibility index (Phi) is 4.15. The molecule has 18 heavy (non-hydrogen) atoms. The van der Waals surface area contributed by atoms with Crippen LogP contribution in [-0.2, 0) is 4.79 Å². The molecule has 0 saturated heterocycles. The Labute approximate surface area is 115 Å². The smallest absolute Gasteiger partial charge is 0.217 e. The fraction of sp³-hybridized carbons (Fsp3) is 0.133. The van der Waals surface area contributed by atoms with Gasteiger partial charge in [-0.15, -0.1) is 0 Å². The highest BCUT2D eigenvalue weighted by molar-refractivity contribution is 9.10. The molecular formula is C15H14BrNO. The number of fused-ring (bicyclic) bond motifs is 1. The molecule has 0 unspecified atom stereocenters. The quantitative estimate of drug-likeness (QED) is 0.919. The van der Waals surface area contributed by atoms with E-state index in [1.165, 1.54) is 17.7 Å². The number of halogens is 1. The van der Waals surface area contributed by atoms with Crippen LogP contribution in [0.25, 0.3) is 16.8 Å². The highest BCUT2D eigenvalue weighted by Crippen LogP contribution is 2.28. The predicted octanol–water partition coefficient (Wildman–Crippen LogP) is 3.75. The zero-order valence-corrected chi connectivity index (χ0v) is 11.7. The SMILES string of the molecule is CC(=O)NCC=Cc1ccc2ccccc2c1Br. The first-order valence-corrected chi connectivity index (χ1v) is 6.56. The van der Waals surface area contributed by atoms with Gasteiger partial charge in [-0.1, -0.05) is 48.6 Å². The van der Waals surface area contributed by atoms with Crippen LogP contribution in [-0.4, -0.2) is 12.5 Å². The second-order valence-electron chi connectivity index (χ2n) is 4.03. The van der Waals surface area contributed by atoms with Gasteiger partial charge in [0.1, 0.15) is 0 Å². The van der Waals surface area contributed by atoms with Gasteiger partial charge in [0.25, 0.3) is 0 Å². The molecule has 1 amide bonds. The number of hydrogen-bond acceptors (Lipinski definition) is 1. The van der Waals surface area contributed by atoms with Crippen LogP contribution in [0, 0.1) is 0 Å². The van der Waals surface area contributed by atoms with E-state index in [0.29, 0.717) is 6.54 Å². The molecule has 0 fully saturated rings. The van der Waals surface area contributed by atoms with Gasteiger partial charge in [-0.25, -0.2) is 0 Å². The number of carbonyl (C=O) groups excluding carboxylic acids is 1. The first-order chi connectivity index (χ1) is 8.68. The molecule has 0 saturated carbocycles. The Morgan fingerprint density at radius 3 is 2.83 bits per heavy atom. The fourth-order valence-electron chi connectivity index (χ4n) is 1.77. The van der Waals surface area contributed by atoms with Crippen LogP contribution in [0.15, 0.2) is 46.9 Å². The lowest BCUT2D eigenvalue weighted by molar-refractivity contribution is -0.118. The first kappa shape index (κ1) is 12.8. The molecule has 2 rings (SSSR count). The van der Waals surface area contributed by atoms with Crippen molar-refractivity contribution in [2.24, 2.45) is 0 Å². The minimum atomic E-state index is -0.0165. The molecule has 2 aromatic carbocycles. The number of benzene rings is 2. The van der Waals surface area contributed by atoms with E-state index in [1.54, 1.807) is 0 Å². The van der Waals surface area contributed by atoms with Crippen LogP contribution < -0.4 is 5.32 Å². The summed E-state index contributed by atoms with van der Waals surface area (Å²) in [5.74, 6) is -0.0165. The maximum Gasteiger partial charge on any atom is 0.217 e. The zero-order valence-electron chi connectivity index (χ0n) is 10.1. The van der Waals surface area contributed by atoms with Crippen molar-refractivity contribution in [2.45, 2.75) is 6.92 Å². The molecular weight excluding hydrogens is 290 g/mol. The molecule has 0 heterocycles. The van der Waals surface area contributed by atoms with Gasteiger partial charge in [0.2, 0.25) is 5.91 Å². The standard InChI is InChI=1S/C15H14BrNO/c1-11(18)17-10-4-6-13-9-8-12-5-2-3-7-14(12)15(13)16/h2-9H,10H2,1H3,(H,17,18). The summed E-state index contributed by atoms with van der Waals surface area (Å²) in [6.45, 7) is 2.06. The Morgan fingerprint density at radius 1 is 1.28 bits per heavy atom. The van der Waals surface area contributed by atoms with E-state index in [-0.39, 0.29) is 5.91 Å². The van der Waals surface area contributed by atoms with Gasteiger partial charge >= 0.3 is 0 Å². The van der Waals surface area contributed by atoms with E-state index in [2.05, 4.69) is 45.5 Å². The summed E-state index contributed by atoms with van der Waals surface area (Å²) in [6.07, 6.45) is 3.95. The third-order valence-electron chi connectivity index (χ3n) is 2.66. The minimum absolute atomic E-state index is 0.0165. The molecule has 0 spiro atoms. The van der Waals surface area contributed by atoms with Crippen LogP contribution in [0.4, 0.5) is 0 Å². The zero-order chi connectivity index (χ0) is 13.0. The van der Waals surface area contributed by atoms with Gasteiger partial charge in [-0.2, -0.15) is 0 Å². The maximum atomic E-state index is 10.7. The molecule has 92 valence electrons. The number of amides is 1. The predicted molar refractivity (Wildman–Crippen MR) is 79.4 cm³/mol. The van der Waals surface area contributed by atoms with E-state index < -0.39 is 0 Å². The summed E-state index contributed by atoms with van der Waals surface area (Å²) in [7, 11) is 0. The van der Waals surface area contributed by atoms with Gasteiger partial charge in [0.05, 0.1) is 0 Å². The number of hydrogen-bond donors (Lipinski definition) is 1. The second-order valence-corrected chi connectivity index (χ2v) is 4.82. The highest BCUT2D eigenvalue weighted by Gasteiger charge is 2.01. The largest absolute Gasteiger partial charge is 0.353 e. The summed E-state index contributed by atoms with van der Waals surface area (Å²) in [6, 6.07) is 12.4. The Morgan fingerprint density at radius 2 is 2.06 bits per heavy atom. The first-order valence-electron chi connectivity index (χ1n) is 5.76. The summed E-state index contributed by atoms with van der Waals surface area (Å²) < 4.78 is 1.08. The second kappa shape index (κ2) is 5.83. The molecule has 0 aliphatic carbocycles. The Hall–Kier alpha value is -1.61. The normalized spacial score (nSPS) is 11.0. The van der Waals surface area contributed by atoms with Gasteiger partial charge in [0, 0.05) is 17.9 Å². The van der Waals surface area contributed by atoms with Gasteiger partial charge in [-0.3, -0.25) is 4.79 Å². The lowest BCUT2D eigenvalue weighted by Gasteiger charge is -2.04. The van der Waals surface area contributed by atoms with Gasteiger partial charge in [0.15, 0.2) is 0 Å². The van der Waals surface area contributed by atoms with E-state index in [0.717, 1.165) is 10.0 Å². The third kappa shape index (κ3) is 2.99. The van der Waals surface area contributed by atoms with Crippen LogP contribution >= 0.6 is 15.9 Å². The molecule has 1 N–H and O–H groups in total. The number of rotatable bonds is 3. The van der Waals surface area contributed by atoms with Gasteiger partial charge in [-0.05, 0) is 32.3 Å². The summed E-state index contributed by atoms with van der Waals surface area (Å²) in [5.41, 5.74) is 1.11. The lowest BCUT2D eigenvalue weighted by Crippen LogP contribution is -2.19. The van der Waals surface area contributed by atoms with Crippen LogP contribution in [0.3, 0.4) is 0 Å². The van der Waals surface area contributed by atoms with Crippen molar-refractivity contribution in [2.75, 3.05) is 6.54 Å². The van der Waals surface area contributed by atoms with Crippen molar-refractivity contribution >= 4 is 38.7 Å². The van der Waals surface area contributed by atoms with Crippen LogP contribution in [0.5, 0.6) is 0 Å². The molecule has 0 aromatic heterocycles. The molecule has 0 atom stereocenters. The highest BCUT2D eigenvalue weighted by atomic mass is 79.9. The van der Waals surface area contributed by atoms with Crippen molar-refractivity contribution in [3.05, 3.63) is 52.5 Å². The molecule has 2 aromatic rings. The summed E-state index contributed by atoms with van der Waals surface area (Å²) in [5, 5.41) is 5.14. The molecule has 0 radical (unpaired) electrons. The van der Waals surface area contributed by atoms with Crippen molar-refractivity contribution in [1.82, 2.24) is 5.32 Å². The Bertz CT molecular complexity index is 604. The number of nitrogens with one attached hydrogen (secondary N) is 1. The molecule has 0 aliphatic heterocycles. The van der Waals surface area contributed by atoms with Crippen molar-refractivity contribution in [3.8, 4) is 0 Å². The summed E-state index contributed by atoms with van der Waals surface area (Å²) in [4.78, 5) is 10.7. The Balaban J connectivity index is 2.24. The maximum absolute atomic E-state index is 10.7. The van der Waals surface area contributed by atoms with Crippen molar-refractivity contribution in [1.29, 1.82) is 0 Å². The van der Waals surface area contributed by atoms with Crippen molar-refractivity contribution in [3.63, 3.8) is 0 Å². The van der Waals surface area contributed by atoms with Crippen LogP contribution in [0.1, 0.15) is 12.5 Å². The van der Waals surface area contributed by atoms with Crippen molar-refractivity contribution < 1.29 is 4.79 Å². The molecule has 0 aliphatic rings. The molecule has 0 bridgehead atoms. The monoisotopic (exact) mass is 303 g/mol. The minimum Gasteiger partial charge on any atom is -0.353 e. The topological polar surface area (TPSA) is 29.1 Å². The van der Waals surface area contributed by atoms with Gasteiger partial charge < -0.3 is 5.32 Å². The molecule has 3 heteroatoms. The van der Waals surface area contributed by atoms with E-state index in [4.69, 9.17) is 0 Å². The average Bonchev–Trinajstić information content (AvgIpc) is 2.37. The third-order valence-corrected chi connectivity index (χ3v) is 3.54.